The van der Waals surface area contributed by atoms with Crippen LogP contribution in [0.3, 0.4) is 0 Å². The van der Waals surface area contributed by atoms with E-state index < -0.39 is 0 Å². The summed E-state index contributed by atoms with van der Waals surface area (Å²) in [5.74, 6) is 0.609. The molecule has 0 bridgehead atoms. The minimum absolute atomic E-state index is 0.00252. The van der Waals surface area contributed by atoms with Gasteiger partial charge in [0, 0.05) is 24.3 Å². The maximum atomic E-state index is 9.44. The SMILES string of the molecule is CC1CC(Oc2cc(CO)cc(C(C)(C)C)n2)CC(C)O1. The number of nitrogens with zero attached hydrogens (tertiary/aromatic N) is 1. The second-order valence-electron chi connectivity index (χ2n) is 7.08. The van der Waals surface area contributed by atoms with Crippen LogP contribution in [-0.4, -0.2) is 28.4 Å². The van der Waals surface area contributed by atoms with Gasteiger partial charge >= 0.3 is 0 Å². The van der Waals surface area contributed by atoms with Crippen molar-refractivity contribution >= 4 is 0 Å². The summed E-state index contributed by atoms with van der Waals surface area (Å²) in [4.78, 5) is 4.62. The van der Waals surface area contributed by atoms with E-state index in [4.69, 9.17) is 9.47 Å². The Labute approximate surface area is 127 Å². The highest BCUT2D eigenvalue weighted by molar-refractivity contribution is 5.28. The summed E-state index contributed by atoms with van der Waals surface area (Å²) < 4.78 is 11.8. The van der Waals surface area contributed by atoms with Gasteiger partial charge < -0.3 is 14.6 Å². The van der Waals surface area contributed by atoms with E-state index in [1.807, 2.05) is 12.1 Å². The molecular weight excluding hydrogens is 266 g/mol. The fourth-order valence-electron chi connectivity index (χ4n) is 2.71. The zero-order valence-corrected chi connectivity index (χ0v) is 13.7. The maximum Gasteiger partial charge on any atom is 0.214 e. The van der Waals surface area contributed by atoms with Gasteiger partial charge in [0.2, 0.25) is 5.88 Å². The van der Waals surface area contributed by atoms with Crippen LogP contribution in [0.25, 0.3) is 0 Å². The molecule has 1 N–H and O–H groups in total. The molecule has 2 unspecified atom stereocenters. The second-order valence-corrected chi connectivity index (χ2v) is 7.08. The van der Waals surface area contributed by atoms with Crippen molar-refractivity contribution in [2.45, 2.75) is 77.8 Å². The quantitative estimate of drug-likeness (QED) is 0.929. The third kappa shape index (κ3) is 4.42. The lowest BCUT2D eigenvalue weighted by molar-refractivity contribution is -0.0730. The Morgan fingerprint density at radius 2 is 1.86 bits per heavy atom. The van der Waals surface area contributed by atoms with Crippen LogP contribution in [0.4, 0.5) is 0 Å². The molecule has 118 valence electrons. The van der Waals surface area contributed by atoms with E-state index >= 15 is 0 Å². The van der Waals surface area contributed by atoms with Crippen LogP contribution in [0.1, 0.15) is 58.7 Å². The normalized spacial score (nSPS) is 26.7. The lowest BCUT2D eigenvalue weighted by Gasteiger charge is -2.32. The van der Waals surface area contributed by atoms with Crippen LogP contribution in [0.15, 0.2) is 12.1 Å². The minimum Gasteiger partial charge on any atom is -0.474 e. The van der Waals surface area contributed by atoms with Crippen LogP contribution in [0, 0.1) is 0 Å². The summed E-state index contributed by atoms with van der Waals surface area (Å²) in [7, 11) is 0. The topological polar surface area (TPSA) is 51.6 Å². The van der Waals surface area contributed by atoms with Crippen molar-refractivity contribution < 1.29 is 14.6 Å². The Kier molecular flexibility index (Phi) is 4.89. The van der Waals surface area contributed by atoms with Gasteiger partial charge in [-0.2, -0.15) is 0 Å². The van der Waals surface area contributed by atoms with Crippen LogP contribution in [-0.2, 0) is 16.8 Å². The molecule has 4 heteroatoms. The van der Waals surface area contributed by atoms with Gasteiger partial charge in [0.1, 0.15) is 6.10 Å². The van der Waals surface area contributed by atoms with E-state index in [0.29, 0.717) is 5.88 Å². The van der Waals surface area contributed by atoms with E-state index in [0.717, 1.165) is 24.1 Å². The van der Waals surface area contributed by atoms with Crippen molar-refractivity contribution in [3.05, 3.63) is 23.4 Å². The van der Waals surface area contributed by atoms with Gasteiger partial charge in [0.25, 0.3) is 0 Å². The first kappa shape index (κ1) is 16.2. The third-order valence-corrected chi connectivity index (χ3v) is 3.75. The molecule has 0 saturated carbocycles. The molecule has 1 aliphatic heterocycles. The van der Waals surface area contributed by atoms with Gasteiger partial charge in [-0.25, -0.2) is 4.98 Å². The number of aliphatic hydroxyl groups is 1. The molecule has 1 aliphatic rings. The Balaban J connectivity index is 2.19. The number of ether oxygens (including phenoxy) is 2. The molecule has 0 radical (unpaired) electrons. The predicted molar refractivity (Wildman–Crippen MR) is 82.5 cm³/mol. The zero-order chi connectivity index (χ0) is 15.6. The van der Waals surface area contributed by atoms with Crippen LogP contribution in [0.2, 0.25) is 0 Å². The highest BCUT2D eigenvalue weighted by Gasteiger charge is 2.26. The van der Waals surface area contributed by atoms with E-state index in [2.05, 4.69) is 39.6 Å². The number of hydrogen-bond donors (Lipinski definition) is 1. The number of hydrogen-bond acceptors (Lipinski definition) is 4. The molecular formula is C17H27NO3. The van der Waals surface area contributed by atoms with Gasteiger partial charge in [0.05, 0.1) is 24.5 Å². The number of rotatable bonds is 3. The number of pyridine rings is 1. The van der Waals surface area contributed by atoms with Crippen molar-refractivity contribution in [1.82, 2.24) is 4.98 Å². The lowest BCUT2D eigenvalue weighted by Crippen LogP contribution is -2.36. The summed E-state index contributed by atoms with van der Waals surface area (Å²) in [6.07, 6.45) is 2.29. The highest BCUT2D eigenvalue weighted by Crippen LogP contribution is 2.27. The molecule has 2 atom stereocenters. The summed E-state index contributed by atoms with van der Waals surface area (Å²) in [5.41, 5.74) is 1.72. The molecule has 0 amide bonds. The van der Waals surface area contributed by atoms with Gasteiger partial charge in [-0.15, -0.1) is 0 Å². The van der Waals surface area contributed by atoms with E-state index in [-0.39, 0.29) is 30.3 Å². The van der Waals surface area contributed by atoms with Crippen molar-refractivity contribution in [2.75, 3.05) is 0 Å². The van der Waals surface area contributed by atoms with Crippen molar-refractivity contribution in [3.8, 4) is 5.88 Å². The molecule has 1 aromatic heterocycles. The Morgan fingerprint density at radius 3 is 2.38 bits per heavy atom. The predicted octanol–water partition coefficient (Wildman–Crippen LogP) is 3.21. The standard InChI is InChI=1S/C17H27NO3/c1-11-6-14(7-12(2)20-11)21-16-9-13(10-19)8-15(18-16)17(3,4)5/h8-9,11-12,14,19H,6-7,10H2,1-5H3. The van der Waals surface area contributed by atoms with E-state index in [1.165, 1.54) is 0 Å². The second kappa shape index (κ2) is 6.32. The lowest BCUT2D eigenvalue weighted by atomic mass is 9.91. The maximum absolute atomic E-state index is 9.44. The van der Waals surface area contributed by atoms with Crippen LogP contribution in [0.5, 0.6) is 5.88 Å². The first-order valence-corrected chi connectivity index (χ1v) is 7.72. The van der Waals surface area contributed by atoms with Crippen LogP contribution >= 0.6 is 0 Å². The van der Waals surface area contributed by atoms with Crippen molar-refractivity contribution in [1.29, 1.82) is 0 Å². The largest absolute Gasteiger partial charge is 0.474 e. The smallest absolute Gasteiger partial charge is 0.214 e. The van der Waals surface area contributed by atoms with Crippen LogP contribution < -0.4 is 4.74 Å². The van der Waals surface area contributed by atoms with E-state index in [1.54, 1.807) is 0 Å². The molecule has 4 nitrogen and oxygen atoms in total. The average Bonchev–Trinajstić information content (AvgIpc) is 2.36. The summed E-state index contributed by atoms with van der Waals surface area (Å²) >= 11 is 0. The summed E-state index contributed by atoms with van der Waals surface area (Å²) in [5, 5.41) is 9.44. The van der Waals surface area contributed by atoms with Gasteiger partial charge in [-0.3, -0.25) is 0 Å². The zero-order valence-electron chi connectivity index (χ0n) is 13.7. The summed E-state index contributed by atoms with van der Waals surface area (Å²) in [6.45, 7) is 10.5. The first-order chi connectivity index (χ1) is 9.77. The fourth-order valence-corrected chi connectivity index (χ4v) is 2.71. The summed E-state index contributed by atoms with van der Waals surface area (Å²) in [6, 6.07) is 3.78. The van der Waals surface area contributed by atoms with Gasteiger partial charge in [-0.05, 0) is 25.5 Å². The Morgan fingerprint density at radius 1 is 1.24 bits per heavy atom. The molecule has 21 heavy (non-hydrogen) atoms. The van der Waals surface area contributed by atoms with Gasteiger partial charge in [0.15, 0.2) is 0 Å². The number of aromatic nitrogens is 1. The molecule has 1 saturated heterocycles. The molecule has 1 aromatic rings. The molecule has 2 rings (SSSR count). The van der Waals surface area contributed by atoms with Crippen molar-refractivity contribution in [3.63, 3.8) is 0 Å². The highest BCUT2D eigenvalue weighted by atomic mass is 16.5. The van der Waals surface area contributed by atoms with Crippen molar-refractivity contribution in [2.24, 2.45) is 0 Å². The third-order valence-electron chi connectivity index (χ3n) is 3.75. The molecule has 1 fully saturated rings. The van der Waals surface area contributed by atoms with Gasteiger partial charge in [-0.1, -0.05) is 20.8 Å². The Hall–Kier alpha value is -1.13. The minimum atomic E-state index is -0.0699. The Bertz CT molecular complexity index is 471. The van der Waals surface area contributed by atoms with E-state index in [9.17, 15) is 5.11 Å². The number of aliphatic hydroxyl groups excluding tert-OH is 1. The molecule has 0 aromatic carbocycles. The first-order valence-electron chi connectivity index (χ1n) is 7.72. The molecule has 2 heterocycles. The monoisotopic (exact) mass is 293 g/mol. The molecule has 0 spiro atoms. The fraction of sp³-hybridized carbons (Fsp3) is 0.706. The average molecular weight is 293 g/mol. The molecule has 0 aliphatic carbocycles.